The van der Waals surface area contributed by atoms with E-state index in [1.54, 1.807) is 11.1 Å². The zero-order valence-corrected chi connectivity index (χ0v) is 13.2. The molecule has 0 atom stereocenters. The van der Waals surface area contributed by atoms with Crippen molar-refractivity contribution in [2.45, 2.75) is 13.3 Å². The van der Waals surface area contributed by atoms with Gasteiger partial charge in [-0.05, 0) is 36.2 Å². The predicted octanol–water partition coefficient (Wildman–Crippen LogP) is 2.98. The maximum Gasteiger partial charge on any atom is 0.328 e. The van der Waals surface area contributed by atoms with E-state index in [1.807, 2.05) is 37.5 Å². The van der Waals surface area contributed by atoms with Gasteiger partial charge >= 0.3 is 6.03 Å². The topological polar surface area (TPSA) is 78.1 Å². The summed E-state index contributed by atoms with van der Waals surface area (Å²) in [6, 6.07) is 7.54. The second kappa shape index (κ2) is 5.49. The molecule has 1 aliphatic rings. The Balaban J connectivity index is 1.72. The van der Waals surface area contributed by atoms with E-state index in [1.165, 1.54) is 0 Å². The van der Waals surface area contributed by atoms with Crippen LogP contribution in [-0.2, 0) is 4.79 Å². The first-order chi connectivity index (χ1) is 11.6. The van der Waals surface area contributed by atoms with Crippen LogP contribution in [0.15, 0.2) is 42.9 Å². The lowest BCUT2D eigenvalue weighted by Crippen LogP contribution is -2.49. The molecule has 2 N–H and O–H groups in total. The molecule has 4 rings (SSSR count). The molecular weight excluding hydrogens is 304 g/mol. The summed E-state index contributed by atoms with van der Waals surface area (Å²) < 4.78 is 0. The van der Waals surface area contributed by atoms with Crippen molar-refractivity contribution in [1.29, 1.82) is 0 Å². The van der Waals surface area contributed by atoms with Gasteiger partial charge in [0.15, 0.2) is 0 Å². The number of nitrogens with one attached hydrogen (secondary N) is 2. The van der Waals surface area contributed by atoms with E-state index in [2.05, 4.69) is 21.4 Å². The van der Waals surface area contributed by atoms with Gasteiger partial charge in [-0.3, -0.25) is 20.0 Å². The fourth-order valence-corrected chi connectivity index (χ4v) is 3.12. The predicted molar refractivity (Wildman–Crippen MR) is 91.8 cm³/mol. The van der Waals surface area contributed by atoms with E-state index >= 15 is 0 Å². The summed E-state index contributed by atoms with van der Waals surface area (Å²) in [5, 5.41) is 3.42. The number of aromatic nitrogens is 2. The average molecular weight is 320 g/mol. The van der Waals surface area contributed by atoms with E-state index in [-0.39, 0.29) is 11.9 Å². The van der Waals surface area contributed by atoms with Gasteiger partial charge in [0, 0.05) is 53.7 Å². The first-order valence-electron chi connectivity index (χ1n) is 7.77. The molecule has 0 saturated carbocycles. The van der Waals surface area contributed by atoms with Crippen LogP contribution in [0.2, 0.25) is 0 Å². The number of aromatic amines is 1. The summed E-state index contributed by atoms with van der Waals surface area (Å²) in [6.45, 7) is 2.37. The summed E-state index contributed by atoms with van der Waals surface area (Å²) >= 11 is 0. The molecule has 6 heteroatoms. The van der Waals surface area contributed by atoms with Crippen molar-refractivity contribution in [2.75, 3.05) is 11.4 Å². The number of imide groups is 1. The number of carbonyl (C=O) groups is 2. The molecule has 0 aliphatic carbocycles. The molecule has 3 amide bonds. The minimum Gasteiger partial charge on any atom is -0.360 e. The highest BCUT2D eigenvalue weighted by atomic mass is 16.2. The van der Waals surface area contributed by atoms with Gasteiger partial charge in [0.05, 0.1) is 0 Å². The first kappa shape index (κ1) is 14.4. The Labute approximate surface area is 138 Å². The highest BCUT2D eigenvalue weighted by molar-refractivity contribution is 6.06. The van der Waals surface area contributed by atoms with E-state index < -0.39 is 0 Å². The van der Waals surface area contributed by atoms with Crippen molar-refractivity contribution in [3.05, 3.63) is 48.4 Å². The molecule has 3 aromatic rings. The van der Waals surface area contributed by atoms with Crippen LogP contribution in [0.4, 0.5) is 10.5 Å². The molecule has 0 radical (unpaired) electrons. The van der Waals surface area contributed by atoms with E-state index in [0.717, 1.165) is 33.3 Å². The highest BCUT2D eigenvalue weighted by Gasteiger charge is 2.25. The number of aryl methyl sites for hydroxylation is 1. The maximum absolute atomic E-state index is 12.0. The first-order valence-corrected chi connectivity index (χ1v) is 7.77. The van der Waals surface area contributed by atoms with Gasteiger partial charge in [-0.2, -0.15) is 0 Å². The number of hydrogen-bond acceptors (Lipinski definition) is 3. The SMILES string of the molecule is Cc1cc(-c2c[nH]c3ccncc23)ccc1N1CCC(=O)NC1=O. The molecule has 3 heterocycles. The summed E-state index contributed by atoms with van der Waals surface area (Å²) in [5.41, 5.74) is 4.97. The fraction of sp³-hybridized carbons (Fsp3) is 0.167. The molecule has 1 saturated heterocycles. The molecule has 0 unspecified atom stereocenters. The number of hydrogen-bond donors (Lipinski definition) is 2. The highest BCUT2D eigenvalue weighted by Crippen LogP contribution is 2.32. The number of H-pyrrole nitrogens is 1. The van der Waals surface area contributed by atoms with Gasteiger partial charge in [-0.15, -0.1) is 0 Å². The Hall–Kier alpha value is -3.15. The largest absolute Gasteiger partial charge is 0.360 e. The molecule has 1 fully saturated rings. The minimum absolute atomic E-state index is 0.225. The number of pyridine rings is 1. The summed E-state index contributed by atoms with van der Waals surface area (Å²) in [4.78, 5) is 32.4. The second-order valence-corrected chi connectivity index (χ2v) is 5.88. The van der Waals surface area contributed by atoms with Crippen LogP contribution in [0.5, 0.6) is 0 Å². The van der Waals surface area contributed by atoms with Gasteiger partial charge < -0.3 is 4.98 Å². The summed E-state index contributed by atoms with van der Waals surface area (Å²) in [5.74, 6) is -0.225. The van der Waals surface area contributed by atoms with E-state index in [9.17, 15) is 9.59 Å². The zero-order chi connectivity index (χ0) is 16.7. The number of amides is 3. The Bertz CT molecular complexity index is 961. The molecule has 1 aliphatic heterocycles. The monoisotopic (exact) mass is 320 g/mol. The third kappa shape index (κ3) is 2.32. The molecule has 2 aromatic heterocycles. The van der Waals surface area contributed by atoms with Crippen molar-refractivity contribution in [2.24, 2.45) is 0 Å². The van der Waals surface area contributed by atoms with Crippen LogP contribution >= 0.6 is 0 Å². The Kier molecular flexibility index (Phi) is 3.30. The number of rotatable bonds is 2. The smallest absolute Gasteiger partial charge is 0.328 e. The molecule has 1 aromatic carbocycles. The number of anilines is 1. The normalized spacial score (nSPS) is 15.0. The lowest BCUT2D eigenvalue weighted by Gasteiger charge is -2.28. The minimum atomic E-state index is -0.363. The fourth-order valence-electron chi connectivity index (χ4n) is 3.12. The van der Waals surface area contributed by atoms with Crippen LogP contribution < -0.4 is 10.2 Å². The van der Waals surface area contributed by atoms with Crippen LogP contribution in [0.25, 0.3) is 22.0 Å². The van der Waals surface area contributed by atoms with Gasteiger partial charge in [0.1, 0.15) is 0 Å². The van der Waals surface area contributed by atoms with Gasteiger partial charge in [-0.25, -0.2) is 4.79 Å². The zero-order valence-electron chi connectivity index (χ0n) is 13.2. The van der Waals surface area contributed by atoms with Crippen LogP contribution in [0.1, 0.15) is 12.0 Å². The van der Waals surface area contributed by atoms with Crippen LogP contribution in [-0.4, -0.2) is 28.5 Å². The maximum atomic E-state index is 12.0. The third-order valence-electron chi connectivity index (χ3n) is 4.34. The summed E-state index contributed by atoms with van der Waals surface area (Å²) in [7, 11) is 0. The van der Waals surface area contributed by atoms with Crippen molar-refractivity contribution in [3.8, 4) is 11.1 Å². The average Bonchev–Trinajstić information content (AvgIpc) is 2.99. The Morgan fingerprint density at radius 1 is 1.21 bits per heavy atom. The molecule has 0 bridgehead atoms. The second-order valence-electron chi connectivity index (χ2n) is 5.88. The standard InChI is InChI=1S/C18H16N4O2/c1-11-8-12(13-10-20-15-4-6-19-9-14(13)15)2-3-16(11)22-7-5-17(23)21-18(22)24/h2-4,6,8-10,20H,5,7H2,1H3,(H,21,23,24). The van der Waals surface area contributed by atoms with E-state index in [4.69, 9.17) is 0 Å². The van der Waals surface area contributed by atoms with E-state index in [0.29, 0.717) is 13.0 Å². The quantitative estimate of drug-likeness (QED) is 0.762. The molecule has 6 nitrogen and oxygen atoms in total. The number of carbonyl (C=O) groups excluding carboxylic acids is 2. The van der Waals surface area contributed by atoms with Gasteiger partial charge in [0.2, 0.25) is 5.91 Å². The Morgan fingerprint density at radius 2 is 2.08 bits per heavy atom. The lowest BCUT2D eigenvalue weighted by atomic mass is 10.0. The summed E-state index contributed by atoms with van der Waals surface area (Å²) in [6.07, 6.45) is 5.88. The van der Waals surface area contributed by atoms with Crippen molar-refractivity contribution >= 4 is 28.5 Å². The number of urea groups is 1. The van der Waals surface area contributed by atoms with Gasteiger partial charge in [0.25, 0.3) is 0 Å². The number of benzene rings is 1. The molecule has 120 valence electrons. The van der Waals surface area contributed by atoms with Crippen LogP contribution in [0.3, 0.4) is 0 Å². The Morgan fingerprint density at radius 3 is 2.88 bits per heavy atom. The van der Waals surface area contributed by atoms with Crippen molar-refractivity contribution in [3.63, 3.8) is 0 Å². The third-order valence-corrected chi connectivity index (χ3v) is 4.34. The number of nitrogens with zero attached hydrogens (tertiary/aromatic N) is 2. The number of fused-ring (bicyclic) bond motifs is 1. The molecular formula is C18H16N4O2. The lowest BCUT2D eigenvalue weighted by molar-refractivity contribution is -0.120. The van der Waals surface area contributed by atoms with Crippen molar-refractivity contribution in [1.82, 2.24) is 15.3 Å². The van der Waals surface area contributed by atoms with Crippen molar-refractivity contribution < 1.29 is 9.59 Å². The molecule has 0 spiro atoms. The van der Waals surface area contributed by atoms with Gasteiger partial charge in [-0.1, -0.05) is 6.07 Å². The molecule has 24 heavy (non-hydrogen) atoms. The van der Waals surface area contributed by atoms with Crippen LogP contribution in [0, 0.1) is 6.92 Å².